The lowest BCUT2D eigenvalue weighted by Crippen LogP contribution is -2.17. The molecule has 1 aromatic carbocycles. The predicted molar refractivity (Wildman–Crippen MR) is 87.4 cm³/mol. The number of para-hydroxylation sites is 1. The minimum atomic E-state index is 0. The minimum absolute atomic E-state index is 0. The maximum absolute atomic E-state index is 5.58. The Morgan fingerprint density at radius 1 is 1.33 bits per heavy atom. The van der Waals surface area contributed by atoms with E-state index >= 15 is 0 Å². The summed E-state index contributed by atoms with van der Waals surface area (Å²) in [5.74, 6) is 3.89. The van der Waals surface area contributed by atoms with Crippen molar-refractivity contribution < 1.29 is 14.2 Å². The second-order valence-corrected chi connectivity index (χ2v) is 4.17. The third-order valence-corrected chi connectivity index (χ3v) is 2.74. The lowest BCUT2D eigenvalue weighted by Gasteiger charge is -2.14. The number of benzene rings is 1. The molecule has 21 heavy (non-hydrogen) atoms. The van der Waals surface area contributed by atoms with Crippen molar-refractivity contribution in [2.24, 2.45) is 0 Å². The van der Waals surface area contributed by atoms with Crippen molar-refractivity contribution in [2.75, 3.05) is 33.5 Å². The number of ether oxygens (including phenoxy) is 3. The van der Waals surface area contributed by atoms with E-state index in [0.29, 0.717) is 18.0 Å². The van der Waals surface area contributed by atoms with Gasteiger partial charge < -0.3 is 19.5 Å². The molecule has 0 fully saturated rings. The summed E-state index contributed by atoms with van der Waals surface area (Å²) in [6, 6.07) is 5.81. The third-order valence-electron chi connectivity index (χ3n) is 2.74. The summed E-state index contributed by atoms with van der Waals surface area (Å²) in [6.07, 6.45) is 6.23. The van der Waals surface area contributed by atoms with Gasteiger partial charge in [0.05, 0.1) is 7.11 Å². The van der Waals surface area contributed by atoms with Gasteiger partial charge in [-0.05, 0) is 26.0 Å². The van der Waals surface area contributed by atoms with Crippen LogP contribution in [-0.4, -0.2) is 33.5 Å². The van der Waals surface area contributed by atoms with Crippen molar-refractivity contribution in [3.05, 3.63) is 23.8 Å². The average Bonchev–Trinajstić information content (AvgIpc) is 2.49. The van der Waals surface area contributed by atoms with E-state index in [4.69, 9.17) is 20.6 Å². The van der Waals surface area contributed by atoms with Crippen LogP contribution in [0.25, 0.3) is 0 Å². The molecule has 0 aliphatic heterocycles. The van der Waals surface area contributed by atoms with Crippen LogP contribution in [-0.2, 0) is 11.3 Å². The van der Waals surface area contributed by atoms with E-state index in [2.05, 4.69) is 11.2 Å². The van der Waals surface area contributed by atoms with Gasteiger partial charge in [0, 0.05) is 25.3 Å². The molecule has 1 rings (SSSR count). The van der Waals surface area contributed by atoms with Gasteiger partial charge in [-0.3, -0.25) is 0 Å². The van der Waals surface area contributed by atoms with Gasteiger partial charge in [-0.25, -0.2) is 0 Å². The summed E-state index contributed by atoms with van der Waals surface area (Å²) in [5.41, 5.74) is 1.04. The topological polar surface area (TPSA) is 39.7 Å². The molecule has 1 N–H and O–H groups in total. The first-order valence-corrected chi connectivity index (χ1v) is 6.84. The van der Waals surface area contributed by atoms with Crippen molar-refractivity contribution in [3.63, 3.8) is 0 Å². The Kier molecular flexibility index (Phi) is 11.5. The number of terminal acetylenes is 1. The predicted octanol–water partition coefficient (Wildman–Crippen LogP) is 2.65. The van der Waals surface area contributed by atoms with Crippen LogP contribution in [0.1, 0.15) is 18.9 Å². The maximum atomic E-state index is 5.58. The van der Waals surface area contributed by atoms with Crippen LogP contribution in [0.5, 0.6) is 11.5 Å². The third kappa shape index (κ3) is 7.24. The standard InChI is InChI=1S/C16H23NO3.ClH/c1-4-11-20-16-14(8-6-9-15(16)18-3)13-17-10-7-12-19-5-2;/h1,6,8-9,17H,5,7,10-13H2,2-3H3;1H. The van der Waals surface area contributed by atoms with Crippen molar-refractivity contribution in [2.45, 2.75) is 19.9 Å². The molecular formula is C16H24ClNO3. The molecule has 0 aromatic heterocycles. The van der Waals surface area contributed by atoms with E-state index in [-0.39, 0.29) is 19.0 Å². The summed E-state index contributed by atoms with van der Waals surface area (Å²) in [5, 5.41) is 3.36. The fourth-order valence-corrected chi connectivity index (χ4v) is 1.81. The highest BCUT2D eigenvalue weighted by Crippen LogP contribution is 2.30. The van der Waals surface area contributed by atoms with Crippen molar-refractivity contribution in [1.82, 2.24) is 5.32 Å². The molecule has 118 valence electrons. The van der Waals surface area contributed by atoms with Gasteiger partial charge in [0.25, 0.3) is 0 Å². The fourth-order valence-electron chi connectivity index (χ4n) is 1.81. The largest absolute Gasteiger partial charge is 0.493 e. The summed E-state index contributed by atoms with van der Waals surface area (Å²) in [6.45, 7) is 5.38. The van der Waals surface area contributed by atoms with E-state index in [9.17, 15) is 0 Å². The highest BCUT2D eigenvalue weighted by Gasteiger charge is 2.09. The van der Waals surface area contributed by atoms with Crippen molar-refractivity contribution in [3.8, 4) is 23.8 Å². The molecule has 0 amide bonds. The summed E-state index contributed by atoms with van der Waals surface area (Å²) in [7, 11) is 1.62. The molecule has 0 heterocycles. The quantitative estimate of drug-likeness (QED) is 0.532. The number of halogens is 1. The van der Waals surface area contributed by atoms with E-state index in [0.717, 1.165) is 31.7 Å². The number of hydrogen-bond acceptors (Lipinski definition) is 4. The monoisotopic (exact) mass is 313 g/mol. The van der Waals surface area contributed by atoms with E-state index in [1.807, 2.05) is 25.1 Å². The highest BCUT2D eigenvalue weighted by molar-refractivity contribution is 5.85. The number of rotatable bonds is 10. The Balaban J connectivity index is 0.00000400. The molecule has 0 aliphatic rings. The molecule has 5 heteroatoms. The van der Waals surface area contributed by atoms with Crippen LogP contribution in [0.15, 0.2) is 18.2 Å². The Bertz CT molecular complexity index is 432. The van der Waals surface area contributed by atoms with Gasteiger partial charge in [-0.15, -0.1) is 18.8 Å². The Morgan fingerprint density at radius 2 is 2.14 bits per heavy atom. The molecule has 0 unspecified atom stereocenters. The molecule has 1 aromatic rings. The lowest BCUT2D eigenvalue weighted by atomic mass is 10.2. The molecule has 0 saturated heterocycles. The second-order valence-electron chi connectivity index (χ2n) is 4.17. The zero-order valence-corrected chi connectivity index (χ0v) is 13.5. The second kappa shape index (κ2) is 12.3. The summed E-state index contributed by atoms with van der Waals surface area (Å²) < 4.78 is 16.2. The van der Waals surface area contributed by atoms with E-state index in [1.54, 1.807) is 7.11 Å². The first kappa shape index (κ1) is 19.6. The number of nitrogens with one attached hydrogen (secondary N) is 1. The average molecular weight is 314 g/mol. The molecule has 0 bridgehead atoms. The zero-order chi connectivity index (χ0) is 14.6. The van der Waals surface area contributed by atoms with Crippen LogP contribution in [0.2, 0.25) is 0 Å². The van der Waals surface area contributed by atoms with Gasteiger partial charge in [-0.2, -0.15) is 0 Å². The van der Waals surface area contributed by atoms with Gasteiger partial charge in [0.2, 0.25) is 0 Å². The van der Waals surface area contributed by atoms with Crippen molar-refractivity contribution in [1.29, 1.82) is 0 Å². The van der Waals surface area contributed by atoms with Gasteiger partial charge in [0.15, 0.2) is 11.5 Å². The van der Waals surface area contributed by atoms with Crippen molar-refractivity contribution >= 4 is 12.4 Å². The zero-order valence-electron chi connectivity index (χ0n) is 12.7. The molecular weight excluding hydrogens is 290 g/mol. The molecule has 4 nitrogen and oxygen atoms in total. The normalized spacial score (nSPS) is 9.57. The SMILES string of the molecule is C#CCOc1c(CNCCCOCC)cccc1OC.Cl. The Morgan fingerprint density at radius 3 is 2.81 bits per heavy atom. The first-order valence-electron chi connectivity index (χ1n) is 6.84. The van der Waals surface area contributed by atoms with E-state index < -0.39 is 0 Å². The van der Waals surface area contributed by atoms with Crippen LogP contribution >= 0.6 is 12.4 Å². The highest BCUT2D eigenvalue weighted by atomic mass is 35.5. The van der Waals surface area contributed by atoms with Crippen LogP contribution in [0, 0.1) is 12.3 Å². The van der Waals surface area contributed by atoms with E-state index in [1.165, 1.54) is 0 Å². The minimum Gasteiger partial charge on any atom is -0.493 e. The molecule has 0 aliphatic carbocycles. The van der Waals surface area contributed by atoms with Crippen LogP contribution in [0.4, 0.5) is 0 Å². The molecule has 0 spiro atoms. The van der Waals surface area contributed by atoms with Gasteiger partial charge in [0.1, 0.15) is 6.61 Å². The molecule has 0 saturated carbocycles. The fraction of sp³-hybridized carbons (Fsp3) is 0.500. The number of methoxy groups -OCH3 is 1. The van der Waals surface area contributed by atoms with Crippen LogP contribution < -0.4 is 14.8 Å². The Labute approximate surface area is 133 Å². The number of hydrogen-bond donors (Lipinski definition) is 1. The Hall–Kier alpha value is -1.41. The van der Waals surface area contributed by atoms with Gasteiger partial charge in [-0.1, -0.05) is 18.1 Å². The summed E-state index contributed by atoms with van der Waals surface area (Å²) in [4.78, 5) is 0. The summed E-state index contributed by atoms with van der Waals surface area (Å²) >= 11 is 0. The maximum Gasteiger partial charge on any atom is 0.167 e. The lowest BCUT2D eigenvalue weighted by molar-refractivity contribution is 0.144. The van der Waals surface area contributed by atoms with Gasteiger partial charge >= 0.3 is 0 Å². The molecule has 0 atom stereocenters. The molecule has 0 radical (unpaired) electrons. The first-order chi connectivity index (χ1) is 9.83. The van der Waals surface area contributed by atoms with Crippen LogP contribution in [0.3, 0.4) is 0 Å². The smallest absolute Gasteiger partial charge is 0.167 e.